The molecule has 1 heterocycles. The molecule has 1 amide bonds. The van der Waals surface area contributed by atoms with Gasteiger partial charge in [0, 0.05) is 6.92 Å². The van der Waals surface area contributed by atoms with E-state index in [-0.39, 0.29) is 12.7 Å². The normalized spacial score (nSPS) is 25.8. The van der Waals surface area contributed by atoms with Crippen LogP contribution in [0.1, 0.15) is 13.8 Å². The first-order chi connectivity index (χ1) is 8.54. The molecule has 1 aliphatic heterocycles. The summed E-state index contributed by atoms with van der Waals surface area (Å²) in [6.45, 7) is 6.61. The van der Waals surface area contributed by atoms with Gasteiger partial charge in [-0.3, -0.25) is 4.79 Å². The average Bonchev–Trinajstić information content (AvgIpc) is 2.30. The zero-order chi connectivity index (χ0) is 13.5. The highest BCUT2D eigenvalue weighted by atomic mass is 16.6. The lowest BCUT2D eigenvalue weighted by molar-refractivity contribution is -0.154. The summed E-state index contributed by atoms with van der Waals surface area (Å²) in [6, 6.07) is -0.477. The number of carbonyl (C=O) groups is 2. The first-order valence-electron chi connectivity index (χ1n) is 5.58. The second-order valence-corrected chi connectivity index (χ2v) is 3.80. The molecule has 0 radical (unpaired) electrons. The SMILES string of the molecule is C=CCOC(=O)N[C@H]1C=CO[C@@H](C)[C@@H]1OC(C)=O. The topological polar surface area (TPSA) is 73.9 Å². The molecular formula is C12H17NO5. The van der Waals surface area contributed by atoms with Crippen LogP contribution >= 0.6 is 0 Å². The molecule has 6 heteroatoms. The van der Waals surface area contributed by atoms with Crippen LogP contribution in [-0.2, 0) is 19.0 Å². The number of amides is 1. The molecule has 3 atom stereocenters. The number of rotatable bonds is 4. The first kappa shape index (κ1) is 14.1. The third-order valence-corrected chi connectivity index (χ3v) is 2.31. The third-order valence-electron chi connectivity index (χ3n) is 2.31. The van der Waals surface area contributed by atoms with Crippen molar-refractivity contribution >= 4 is 12.1 Å². The van der Waals surface area contributed by atoms with Crippen LogP contribution in [0.4, 0.5) is 4.79 Å². The molecule has 1 aliphatic rings. The van der Waals surface area contributed by atoms with Gasteiger partial charge in [-0.05, 0) is 13.0 Å². The highest BCUT2D eigenvalue weighted by molar-refractivity contribution is 5.69. The maximum atomic E-state index is 11.4. The fraction of sp³-hybridized carbons (Fsp3) is 0.500. The lowest BCUT2D eigenvalue weighted by Gasteiger charge is -2.32. The number of ether oxygens (including phenoxy) is 3. The van der Waals surface area contributed by atoms with Gasteiger partial charge >= 0.3 is 12.1 Å². The van der Waals surface area contributed by atoms with Gasteiger partial charge < -0.3 is 19.5 Å². The average molecular weight is 255 g/mol. The molecule has 0 aromatic rings. The van der Waals surface area contributed by atoms with Gasteiger partial charge in [-0.15, -0.1) is 0 Å². The van der Waals surface area contributed by atoms with Gasteiger partial charge in [0.15, 0.2) is 6.10 Å². The first-order valence-corrected chi connectivity index (χ1v) is 5.58. The molecule has 6 nitrogen and oxygen atoms in total. The summed E-state index contributed by atoms with van der Waals surface area (Å²) in [7, 11) is 0. The third kappa shape index (κ3) is 4.12. The quantitative estimate of drug-likeness (QED) is 0.602. The fourth-order valence-electron chi connectivity index (χ4n) is 1.54. The van der Waals surface area contributed by atoms with E-state index in [9.17, 15) is 9.59 Å². The Bertz CT molecular complexity index is 352. The van der Waals surface area contributed by atoms with E-state index in [0.717, 1.165) is 0 Å². The van der Waals surface area contributed by atoms with E-state index in [2.05, 4.69) is 11.9 Å². The van der Waals surface area contributed by atoms with Gasteiger partial charge in [-0.1, -0.05) is 12.7 Å². The molecule has 0 saturated carbocycles. The molecule has 0 spiro atoms. The lowest BCUT2D eigenvalue weighted by Crippen LogP contribution is -2.51. The molecule has 0 saturated heterocycles. The Morgan fingerprint density at radius 2 is 2.28 bits per heavy atom. The Morgan fingerprint density at radius 1 is 1.56 bits per heavy atom. The molecule has 100 valence electrons. The van der Waals surface area contributed by atoms with Crippen molar-refractivity contribution in [1.82, 2.24) is 5.32 Å². The van der Waals surface area contributed by atoms with Gasteiger partial charge in [-0.2, -0.15) is 0 Å². The largest absolute Gasteiger partial charge is 0.495 e. The van der Waals surface area contributed by atoms with Gasteiger partial charge in [-0.25, -0.2) is 4.79 Å². The monoisotopic (exact) mass is 255 g/mol. The summed E-state index contributed by atoms with van der Waals surface area (Å²) >= 11 is 0. The van der Waals surface area contributed by atoms with Gasteiger partial charge in [0.1, 0.15) is 12.7 Å². The minimum atomic E-state index is -0.601. The van der Waals surface area contributed by atoms with Crippen molar-refractivity contribution in [2.75, 3.05) is 6.61 Å². The predicted octanol–water partition coefficient (Wildman–Crippen LogP) is 1.13. The molecule has 0 bridgehead atoms. The summed E-state index contributed by atoms with van der Waals surface area (Å²) in [5, 5.41) is 2.59. The van der Waals surface area contributed by atoms with Crippen LogP contribution < -0.4 is 5.32 Å². The number of nitrogens with one attached hydrogen (secondary N) is 1. The van der Waals surface area contributed by atoms with Crippen molar-refractivity contribution in [1.29, 1.82) is 0 Å². The number of alkyl carbamates (subject to hydrolysis) is 1. The number of carbonyl (C=O) groups excluding carboxylic acids is 2. The van der Waals surface area contributed by atoms with Crippen LogP contribution in [0.15, 0.2) is 25.0 Å². The molecule has 0 aromatic carbocycles. The Kier molecular flexibility index (Phi) is 5.23. The maximum absolute atomic E-state index is 11.4. The Hall–Kier alpha value is -1.98. The zero-order valence-electron chi connectivity index (χ0n) is 10.4. The minimum absolute atomic E-state index is 0.118. The fourth-order valence-corrected chi connectivity index (χ4v) is 1.54. The van der Waals surface area contributed by atoms with E-state index in [1.165, 1.54) is 19.3 Å². The zero-order valence-corrected chi connectivity index (χ0v) is 10.4. The van der Waals surface area contributed by atoms with Crippen LogP contribution in [0.5, 0.6) is 0 Å². The Balaban J connectivity index is 2.61. The van der Waals surface area contributed by atoms with E-state index >= 15 is 0 Å². The van der Waals surface area contributed by atoms with E-state index in [4.69, 9.17) is 14.2 Å². The summed E-state index contributed by atoms with van der Waals surface area (Å²) in [6.07, 6.45) is 3.00. The molecular weight excluding hydrogens is 238 g/mol. The van der Waals surface area contributed by atoms with Crippen LogP contribution in [0, 0.1) is 0 Å². The minimum Gasteiger partial charge on any atom is -0.495 e. The Labute approximate surface area is 106 Å². The molecule has 0 aliphatic carbocycles. The molecule has 1 rings (SSSR count). The highest BCUT2D eigenvalue weighted by Gasteiger charge is 2.33. The Morgan fingerprint density at radius 3 is 2.89 bits per heavy atom. The van der Waals surface area contributed by atoms with Crippen LogP contribution in [0.3, 0.4) is 0 Å². The maximum Gasteiger partial charge on any atom is 0.408 e. The summed E-state index contributed by atoms with van der Waals surface area (Å²) in [5.74, 6) is -0.433. The number of hydrogen-bond acceptors (Lipinski definition) is 5. The van der Waals surface area contributed by atoms with Crippen molar-refractivity contribution in [2.24, 2.45) is 0 Å². The van der Waals surface area contributed by atoms with Crippen LogP contribution in [0.2, 0.25) is 0 Å². The summed E-state index contributed by atoms with van der Waals surface area (Å²) < 4.78 is 15.1. The van der Waals surface area contributed by atoms with Gasteiger partial charge in [0.2, 0.25) is 0 Å². The van der Waals surface area contributed by atoms with Gasteiger partial charge in [0.05, 0.1) is 12.3 Å². The predicted molar refractivity (Wildman–Crippen MR) is 63.7 cm³/mol. The molecule has 1 N–H and O–H groups in total. The van der Waals surface area contributed by atoms with E-state index in [1.54, 1.807) is 13.0 Å². The van der Waals surface area contributed by atoms with Crippen molar-refractivity contribution < 1.29 is 23.8 Å². The van der Waals surface area contributed by atoms with Crippen molar-refractivity contribution in [2.45, 2.75) is 32.1 Å². The van der Waals surface area contributed by atoms with Crippen molar-refractivity contribution in [3.63, 3.8) is 0 Å². The lowest BCUT2D eigenvalue weighted by atomic mass is 10.0. The van der Waals surface area contributed by atoms with Gasteiger partial charge in [0.25, 0.3) is 0 Å². The standard InChI is InChI=1S/C12H17NO5/c1-4-6-17-12(15)13-10-5-7-16-8(2)11(10)18-9(3)14/h4-5,7-8,10-11H,1,6H2,2-3H3,(H,13,15)/t8-,10-,11-/m0/s1. The van der Waals surface area contributed by atoms with Crippen LogP contribution in [-0.4, -0.2) is 36.9 Å². The summed E-state index contributed by atoms with van der Waals surface area (Å²) in [5.41, 5.74) is 0. The number of hydrogen-bond donors (Lipinski definition) is 1. The second-order valence-electron chi connectivity index (χ2n) is 3.80. The molecule has 0 unspecified atom stereocenters. The molecule has 18 heavy (non-hydrogen) atoms. The molecule has 0 aromatic heterocycles. The second kappa shape index (κ2) is 6.68. The number of esters is 1. The van der Waals surface area contributed by atoms with E-state index < -0.39 is 24.2 Å². The van der Waals surface area contributed by atoms with Crippen molar-refractivity contribution in [3.05, 3.63) is 25.0 Å². The smallest absolute Gasteiger partial charge is 0.408 e. The summed E-state index contributed by atoms with van der Waals surface area (Å²) in [4.78, 5) is 22.4. The highest BCUT2D eigenvalue weighted by Crippen LogP contribution is 2.16. The van der Waals surface area contributed by atoms with E-state index in [0.29, 0.717) is 0 Å². The van der Waals surface area contributed by atoms with Crippen LogP contribution in [0.25, 0.3) is 0 Å². The molecule has 0 fully saturated rings. The van der Waals surface area contributed by atoms with E-state index in [1.807, 2.05) is 0 Å². The van der Waals surface area contributed by atoms with Crippen molar-refractivity contribution in [3.8, 4) is 0 Å².